The van der Waals surface area contributed by atoms with E-state index in [9.17, 15) is 9.59 Å². The molecule has 4 rings (SSSR count). The first kappa shape index (κ1) is 29.5. The third kappa shape index (κ3) is 9.02. The highest BCUT2D eigenvalue weighted by atomic mass is 35.5. The number of carbonyl (C=O) groups excluding carboxylic acids is 2. The molecule has 0 heterocycles. The Labute approximate surface area is 246 Å². The van der Waals surface area contributed by atoms with E-state index in [-0.39, 0.29) is 24.4 Å². The first-order valence-corrected chi connectivity index (χ1v) is 15.6. The minimum atomic E-state index is -0.673. The molecule has 0 saturated heterocycles. The predicted molar refractivity (Wildman–Crippen MR) is 163 cm³/mol. The maximum Gasteiger partial charge on any atom is 0.243 e. The lowest BCUT2D eigenvalue weighted by atomic mass is 9.94. The molecule has 1 fully saturated rings. The van der Waals surface area contributed by atoms with Crippen molar-refractivity contribution in [3.05, 3.63) is 106 Å². The summed E-state index contributed by atoms with van der Waals surface area (Å²) in [5.41, 5.74) is 2.89. The second-order valence-electron chi connectivity index (χ2n) is 10.1. The molecule has 1 N–H and O–H groups in total. The summed E-state index contributed by atoms with van der Waals surface area (Å²) >= 11 is 14.8. The van der Waals surface area contributed by atoms with Crippen LogP contribution in [0.1, 0.15) is 55.2 Å². The topological polar surface area (TPSA) is 49.4 Å². The quantitative estimate of drug-likeness (QED) is 0.222. The van der Waals surface area contributed by atoms with E-state index in [2.05, 4.69) is 17.4 Å². The second-order valence-corrected chi connectivity index (χ2v) is 12.0. The molecular weight excluding hydrogens is 547 g/mol. The van der Waals surface area contributed by atoms with E-state index in [1.165, 1.54) is 12.0 Å². The Balaban J connectivity index is 1.56. The predicted octanol–water partition coefficient (Wildman–Crippen LogP) is 7.71. The van der Waals surface area contributed by atoms with Crippen LogP contribution in [0.25, 0.3) is 0 Å². The van der Waals surface area contributed by atoms with Crippen molar-refractivity contribution in [3.63, 3.8) is 0 Å². The molecule has 0 aromatic heterocycles. The van der Waals surface area contributed by atoms with Crippen molar-refractivity contribution in [1.29, 1.82) is 0 Å². The highest BCUT2D eigenvalue weighted by molar-refractivity contribution is 7.98. The molecule has 1 atom stereocenters. The minimum Gasteiger partial charge on any atom is -0.352 e. The summed E-state index contributed by atoms with van der Waals surface area (Å²) in [6.45, 7) is 0.177. The van der Waals surface area contributed by atoms with Crippen molar-refractivity contribution in [2.75, 3.05) is 5.75 Å². The summed E-state index contributed by atoms with van der Waals surface area (Å²) in [6.07, 6.45) is 6.13. The van der Waals surface area contributed by atoms with E-state index in [1.54, 1.807) is 34.9 Å². The number of nitrogens with zero attached hydrogens (tertiary/aromatic N) is 1. The van der Waals surface area contributed by atoms with Crippen LogP contribution in [0.15, 0.2) is 78.9 Å². The Morgan fingerprint density at radius 2 is 1.46 bits per heavy atom. The van der Waals surface area contributed by atoms with Crippen LogP contribution in [0.5, 0.6) is 0 Å². The fourth-order valence-electron chi connectivity index (χ4n) is 5.02. The Hall–Kier alpha value is -2.47. The zero-order valence-corrected chi connectivity index (χ0v) is 24.5. The van der Waals surface area contributed by atoms with E-state index in [0.717, 1.165) is 37.0 Å². The van der Waals surface area contributed by atoms with Gasteiger partial charge in [-0.05, 0) is 36.1 Å². The van der Waals surface area contributed by atoms with Gasteiger partial charge in [-0.1, -0.05) is 109 Å². The number of hydrogen-bond donors (Lipinski definition) is 1. The molecular formula is C32H36Cl2N2O2S. The van der Waals surface area contributed by atoms with Gasteiger partial charge in [-0.15, -0.1) is 0 Å². The highest BCUT2D eigenvalue weighted by Crippen LogP contribution is 2.28. The molecule has 7 heteroatoms. The lowest BCUT2D eigenvalue weighted by molar-refractivity contribution is -0.141. The van der Waals surface area contributed by atoms with Crippen LogP contribution in [0, 0.1) is 0 Å². The van der Waals surface area contributed by atoms with Gasteiger partial charge in [0, 0.05) is 52.5 Å². The van der Waals surface area contributed by atoms with Gasteiger partial charge in [-0.2, -0.15) is 11.8 Å². The van der Waals surface area contributed by atoms with Gasteiger partial charge in [0.05, 0.1) is 0 Å². The molecule has 4 nitrogen and oxygen atoms in total. The fraction of sp³-hybridized carbons (Fsp3) is 0.375. The van der Waals surface area contributed by atoms with Crippen LogP contribution in [-0.2, 0) is 28.3 Å². The van der Waals surface area contributed by atoms with Crippen molar-refractivity contribution >= 4 is 46.8 Å². The summed E-state index contributed by atoms with van der Waals surface area (Å²) in [5.74, 6) is 1.30. The zero-order chi connectivity index (χ0) is 27.5. The van der Waals surface area contributed by atoms with E-state index < -0.39 is 6.04 Å². The molecule has 39 heavy (non-hydrogen) atoms. The van der Waals surface area contributed by atoms with Crippen molar-refractivity contribution < 1.29 is 9.59 Å². The van der Waals surface area contributed by atoms with Crippen LogP contribution in [0.2, 0.25) is 10.0 Å². The van der Waals surface area contributed by atoms with Crippen LogP contribution in [-0.4, -0.2) is 34.6 Å². The fourth-order valence-corrected chi connectivity index (χ4v) is 6.43. The smallest absolute Gasteiger partial charge is 0.243 e. The summed E-state index contributed by atoms with van der Waals surface area (Å²) in [6, 6.07) is 24.9. The van der Waals surface area contributed by atoms with Crippen molar-refractivity contribution in [3.8, 4) is 0 Å². The molecule has 2 amide bonds. The van der Waals surface area contributed by atoms with E-state index in [1.807, 2.05) is 48.5 Å². The van der Waals surface area contributed by atoms with Gasteiger partial charge in [0.25, 0.3) is 0 Å². The molecule has 1 aliphatic carbocycles. The maximum absolute atomic E-state index is 13.9. The number of halogens is 2. The third-order valence-corrected chi connectivity index (χ3v) is 8.92. The van der Waals surface area contributed by atoms with Gasteiger partial charge in [-0.25, -0.2) is 0 Å². The van der Waals surface area contributed by atoms with E-state index in [4.69, 9.17) is 23.2 Å². The monoisotopic (exact) mass is 582 g/mol. The Morgan fingerprint density at radius 1 is 0.846 bits per heavy atom. The number of hydrogen-bond acceptors (Lipinski definition) is 3. The number of rotatable bonds is 12. The van der Waals surface area contributed by atoms with Crippen molar-refractivity contribution in [2.24, 2.45) is 0 Å². The summed E-state index contributed by atoms with van der Waals surface area (Å²) in [5, 5.41) is 4.26. The molecule has 3 aromatic carbocycles. The number of carbonyl (C=O) groups is 2. The second kappa shape index (κ2) is 15.4. The number of thioether (sulfide) groups is 1. The average molecular weight is 584 g/mol. The largest absolute Gasteiger partial charge is 0.352 e. The molecule has 206 valence electrons. The average Bonchev–Trinajstić information content (AvgIpc) is 2.96. The summed E-state index contributed by atoms with van der Waals surface area (Å²) in [7, 11) is 0. The Kier molecular flexibility index (Phi) is 11.6. The van der Waals surface area contributed by atoms with Gasteiger partial charge in [0.15, 0.2) is 0 Å². The molecule has 0 aliphatic heterocycles. The number of amides is 2. The lowest BCUT2D eigenvalue weighted by Crippen LogP contribution is -2.53. The molecule has 1 saturated carbocycles. The highest BCUT2D eigenvalue weighted by Gasteiger charge is 2.32. The van der Waals surface area contributed by atoms with E-state index in [0.29, 0.717) is 34.2 Å². The van der Waals surface area contributed by atoms with Gasteiger partial charge >= 0.3 is 0 Å². The standard InChI is InChI=1S/C32H36Cl2N2O2S/c33-28-17-10-18-29(34)27(28)22-36(31(37)19-20-39-23-25-13-6-2-7-14-25)30(21-24-11-4-1-5-12-24)32(38)35-26-15-8-3-9-16-26/h1-2,4-7,10-14,17-18,26,30H,3,8-9,15-16,19-23H2,(H,35,38)/t30-/m0/s1. The minimum absolute atomic E-state index is 0.0775. The van der Waals surface area contributed by atoms with E-state index >= 15 is 0 Å². The van der Waals surface area contributed by atoms with Crippen LogP contribution in [0.3, 0.4) is 0 Å². The number of nitrogens with one attached hydrogen (secondary N) is 1. The van der Waals surface area contributed by atoms with Crippen LogP contribution < -0.4 is 5.32 Å². The third-order valence-electron chi connectivity index (χ3n) is 7.18. The summed E-state index contributed by atoms with van der Waals surface area (Å²) < 4.78 is 0. The van der Waals surface area contributed by atoms with Gasteiger partial charge in [0.1, 0.15) is 6.04 Å². The van der Waals surface area contributed by atoms with Gasteiger partial charge in [-0.3, -0.25) is 9.59 Å². The molecule has 0 bridgehead atoms. The zero-order valence-electron chi connectivity index (χ0n) is 22.2. The molecule has 1 aliphatic rings. The van der Waals surface area contributed by atoms with Gasteiger partial charge in [0.2, 0.25) is 11.8 Å². The number of benzene rings is 3. The van der Waals surface area contributed by atoms with Crippen LogP contribution >= 0.6 is 35.0 Å². The molecule has 0 radical (unpaired) electrons. The maximum atomic E-state index is 13.9. The Bertz CT molecular complexity index is 1180. The normalized spacial score (nSPS) is 14.5. The SMILES string of the molecule is O=C(NC1CCCCC1)[C@H](Cc1ccccc1)N(Cc1c(Cl)cccc1Cl)C(=O)CCSCc1ccccc1. The van der Waals surface area contributed by atoms with Crippen molar-refractivity contribution in [1.82, 2.24) is 10.2 Å². The summed E-state index contributed by atoms with van der Waals surface area (Å²) in [4.78, 5) is 29.4. The molecule has 0 spiro atoms. The molecule has 3 aromatic rings. The Morgan fingerprint density at radius 3 is 2.10 bits per heavy atom. The molecule has 0 unspecified atom stereocenters. The van der Waals surface area contributed by atoms with Crippen LogP contribution in [0.4, 0.5) is 0 Å². The van der Waals surface area contributed by atoms with Crippen molar-refractivity contribution in [2.45, 2.75) is 69.3 Å². The van der Waals surface area contributed by atoms with Gasteiger partial charge < -0.3 is 10.2 Å². The first-order chi connectivity index (χ1) is 19.0. The lowest BCUT2D eigenvalue weighted by Gasteiger charge is -2.34. The first-order valence-electron chi connectivity index (χ1n) is 13.7.